The van der Waals surface area contributed by atoms with E-state index in [9.17, 15) is 9.59 Å². The van der Waals surface area contributed by atoms with Crippen LogP contribution in [0.3, 0.4) is 0 Å². The molecular weight excluding hydrogens is 337 g/mol. The maximum absolute atomic E-state index is 12.6. The van der Waals surface area contributed by atoms with E-state index in [-0.39, 0.29) is 24.5 Å². The number of imide groups is 1. The van der Waals surface area contributed by atoms with Gasteiger partial charge in [0, 0.05) is 6.54 Å². The molecule has 1 atom stereocenters. The number of nitrogens with one attached hydrogen (secondary N) is 1. The minimum atomic E-state index is -0.744. The summed E-state index contributed by atoms with van der Waals surface area (Å²) in [7, 11) is 1.84. The fraction of sp³-hybridized carbons (Fsp3) is 0.500. The maximum atomic E-state index is 12.6. The molecule has 23 heavy (non-hydrogen) atoms. The summed E-state index contributed by atoms with van der Waals surface area (Å²) < 4.78 is 0. The monoisotopic (exact) mass is 355 g/mol. The number of nitrogens with zero attached hydrogens (tertiary/aromatic N) is 2. The quantitative estimate of drug-likeness (QED) is 0.825. The van der Waals surface area contributed by atoms with Gasteiger partial charge in [0.25, 0.3) is 5.91 Å². The zero-order chi connectivity index (χ0) is 16.8. The first kappa shape index (κ1) is 16.6. The van der Waals surface area contributed by atoms with Crippen LogP contribution in [0.5, 0.6) is 0 Å². The molecule has 1 aromatic carbocycles. The van der Waals surface area contributed by atoms with Crippen LogP contribution in [-0.4, -0.2) is 41.0 Å². The number of rotatable bonds is 5. The number of urea groups is 1. The van der Waals surface area contributed by atoms with Crippen molar-refractivity contribution in [2.75, 3.05) is 13.7 Å². The largest absolute Gasteiger partial charge is 0.326 e. The Morgan fingerprint density at radius 3 is 2.70 bits per heavy atom. The molecule has 0 aromatic heterocycles. The van der Waals surface area contributed by atoms with E-state index in [1.165, 1.54) is 4.90 Å². The van der Waals surface area contributed by atoms with Gasteiger partial charge in [0.1, 0.15) is 5.54 Å². The van der Waals surface area contributed by atoms with Gasteiger partial charge in [0.15, 0.2) is 0 Å². The Kier molecular flexibility index (Phi) is 4.29. The summed E-state index contributed by atoms with van der Waals surface area (Å²) in [6.45, 7) is 2.53. The van der Waals surface area contributed by atoms with Crippen molar-refractivity contribution >= 4 is 35.1 Å². The lowest BCUT2D eigenvalue weighted by Crippen LogP contribution is -2.46. The number of carbonyl (C=O) groups is 2. The number of carbonyl (C=O) groups excluding carboxylic acids is 2. The van der Waals surface area contributed by atoms with Crippen LogP contribution in [0, 0.1) is 5.92 Å². The van der Waals surface area contributed by atoms with Gasteiger partial charge in [0.05, 0.1) is 16.7 Å². The molecule has 0 spiro atoms. The molecule has 3 amide bonds. The lowest BCUT2D eigenvalue weighted by Gasteiger charge is -2.24. The molecule has 124 valence electrons. The first-order valence-electron chi connectivity index (χ1n) is 7.58. The highest BCUT2D eigenvalue weighted by Gasteiger charge is 2.56. The van der Waals surface area contributed by atoms with Crippen molar-refractivity contribution in [2.45, 2.75) is 31.8 Å². The third kappa shape index (κ3) is 3.05. The second kappa shape index (κ2) is 5.96. The van der Waals surface area contributed by atoms with Crippen molar-refractivity contribution in [1.29, 1.82) is 0 Å². The zero-order valence-electron chi connectivity index (χ0n) is 13.1. The summed E-state index contributed by atoms with van der Waals surface area (Å²) in [5.74, 6) is 0.116. The molecule has 1 aromatic rings. The molecule has 1 heterocycles. The van der Waals surface area contributed by atoms with E-state index < -0.39 is 5.54 Å². The molecule has 1 unspecified atom stereocenters. The second-order valence-corrected chi connectivity index (χ2v) is 7.29. The molecule has 1 N–H and O–H groups in total. The Morgan fingerprint density at radius 2 is 2.04 bits per heavy atom. The van der Waals surface area contributed by atoms with Crippen LogP contribution in [0.25, 0.3) is 0 Å². The van der Waals surface area contributed by atoms with Crippen molar-refractivity contribution in [3.63, 3.8) is 0 Å². The van der Waals surface area contributed by atoms with Gasteiger partial charge in [-0.3, -0.25) is 9.69 Å². The first-order chi connectivity index (χ1) is 10.8. The van der Waals surface area contributed by atoms with Crippen LogP contribution in [0.1, 0.15) is 25.3 Å². The normalized spacial score (nSPS) is 24.5. The van der Waals surface area contributed by atoms with Gasteiger partial charge in [-0.15, -0.1) is 0 Å². The van der Waals surface area contributed by atoms with E-state index >= 15 is 0 Å². The molecule has 0 bridgehead atoms. The van der Waals surface area contributed by atoms with E-state index in [1.807, 2.05) is 31.0 Å². The Morgan fingerprint density at radius 1 is 1.35 bits per heavy atom. The standard InChI is InChI=1S/C16H19Cl2N3O2/c1-16(11-6-7-11)14(22)21(15(23)19-16)9-20(2)8-10-4-3-5-12(17)13(10)18/h3-5,11H,6-9H2,1-2H3,(H,19,23). The van der Waals surface area contributed by atoms with Gasteiger partial charge in [-0.1, -0.05) is 35.3 Å². The number of hydrogen-bond donors (Lipinski definition) is 1. The highest BCUT2D eigenvalue weighted by Crippen LogP contribution is 2.42. The molecule has 1 saturated carbocycles. The topological polar surface area (TPSA) is 52.6 Å². The van der Waals surface area contributed by atoms with E-state index in [0.717, 1.165) is 18.4 Å². The van der Waals surface area contributed by atoms with Crippen LogP contribution >= 0.6 is 23.2 Å². The summed E-state index contributed by atoms with van der Waals surface area (Å²) >= 11 is 12.2. The Balaban J connectivity index is 1.68. The number of halogens is 2. The molecule has 2 aliphatic rings. The van der Waals surface area contributed by atoms with Gasteiger partial charge < -0.3 is 5.32 Å². The summed E-state index contributed by atoms with van der Waals surface area (Å²) in [5.41, 5.74) is 0.115. The van der Waals surface area contributed by atoms with Crippen molar-refractivity contribution in [1.82, 2.24) is 15.1 Å². The fourth-order valence-corrected chi connectivity index (χ4v) is 3.41. The average molecular weight is 356 g/mol. The molecule has 1 aliphatic heterocycles. The zero-order valence-corrected chi connectivity index (χ0v) is 14.6. The van der Waals surface area contributed by atoms with Gasteiger partial charge in [-0.25, -0.2) is 9.69 Å². The number of amides is 3. The van der Waals surface area contributed by atoms with Crippen molar-refractivity contribution in [2.24, 2.45) is 5.92 Å². The summed E-state index contributed by atoms with van der Waals surface area (Å²) in [6, 6.07) is 5.11. The second-order valence-electron chi connectivity index (χ2n) is 6.51. The lowest BCUT2D eigenvalue weighted by atomic mass is 9.96. The lowest BCUT2D eigenvalue weighted by molar-refractivity contribution is -0.132. The van der Waals surface area contributed by atoms with E-state index in [2.05, 4.69) is 5.32 Å². The molecule has 1 aliphatic carbocycles. The molecule has 3 rings (SSSR count). The van der Waals surface area contributed by atoms with Crippen molar-refractivity contribution in [3.05, 3.63) is 33.8 Å². The molecular formula is C16H19Cl2N3O2. The summed E-state index contributed by atoms with van der Waals surface area (Å²) in [4.78, 5) is 27.9. The Bertz CT molecular complexity index is 663. The third-order valence-corrected chi connectivity index (χ3v) is 5.41. The SMILES string of the molecule is CN(Cc1cccc(Cl)c1Cl)CN1C(=O)NC(C)(C2CC2)C1=O. The number of benzene rings is 1. The molecule has 1 saturated heterocycles. The van der Waals surface area contributed by atoms with Gasteiger partial charge >= 0.3 is 6.03 Å². The number of hydrogen-bond acceptors (Lipinski definition) is 3. The smallest absolute Gasteiger partial charge is 0.323 e. The van der Waals surface area contributed by atoms with Crippen LogP contribution in [0.2, 0.25) is 10.0 Å². The highest BCUT2D eigenvalue weighted by molar-refractivity contribution is 6.42. The minimum absolute atomic E-state index is 0.144. The van der Waals surface area contributed by atoms with Crippen LogP contribution in [-0.2, 0) is 11.3 Å². The van der Waals surface area contributed by atoms with Crippen LogP contribution in [0.4, 0.5) is 4.79 Å². The van der Waals surface area contributed by atoms with Gasteiger partial charge in [-0.05, 0) is 44.4 Å². The highest BCUT2D eigenvalue weighted by atomic mass is 35.5. The Labute approximate surface area is 145 Å². The summed E-state index contributed by atoms with van der Waals surface area (Å²) in [5, 5.41) is 3.84. The van der Waals surface area contributed by atoms with E-state index in [4.69, 9.17) is 23.2 Å². The summed E-state index contributed by atoms with van der Waals surface area (Å²) in [6.07, 6.45) is 1.98. The van der Waals surface area contributed by atoms with Crippen molar-refractivity contribution in [3.8, 4) is 0 Å². The molecule has 7 heteroatoms. The van der Waals surface area contributed by atoms with E-state index in [1.54, 1.807) is 6.07 Å². The molecule has 0 radical (unpaired) electrons. The van der Waals surface area contributed by atoms with Gasteiger partial charge in [-0.2, -0.15) is 0 Å². The third-order valence-electron chi connectivity index (χ3n) is 4.55. The predicted molar refractivity (Wildman–Crippen MR) is 89.3 cm³/mol. The van der Waals surface area contributed by atoms with E-state index in [0.29, 0.717) is 16.6 Å². The van der Waals surface area contributed by atoms with Crippen molar-refractivity contribution < 1.29 is 9.59 Å². The average Bonchev–Trinajstić information content (AvgIpc) is 3.30. The van der Waals surface area contributed by atoms with Gasteiger partial charge in [0.2, 0.25) is 0 Å². The predicted octanol–water partition coefficient (Wildman–Crippen LogP) is 3.10. The molecule has 5 nitrogen and oxygen atoms in total. The molecule has 2 fully saturated rings. The maximum Gasteiger partial charge on any atom is 0.326 e. The fourth-order valence-electron chi connectivity index (χ4n) is 3.03. The minimum Gasteiger partial charge on any atom is -0.323 e. The Hall–Kier alpha value is -1.30. The first-order valence-corrected chi connectivity index (χ1v) is 8.34. The van der Waals surface area contributed by atoms with Crippen LogP contribution in [0.15, 0.2) is 18.2 Å². The van der Waals surface area contributed by atoms with Crippen LogP contribution < -0.4 is 5.32 Å².